The maximum atomic E-state index is 6.06. The fourth-order valence-corrected chi connectivity index (χ4v) is 3.50. The number of rotatable bonds is 9. The Morgan fingerprint density at radius 3 is 2.57 bits per heavy atom. The molecule has 1 aliphatic rings. The quantitative estimate of drug-likeness (QED) is 0.177. The molecule has 7 nitrogen and oxygen atoms in total. The summed E-state index contributed by atoms with van der Waals surface area (Å²) >= 11 is 0. The number of nitrogens with one attached hydrogen (secondary N) is 2. The number of hydrogen-bond acceptors (Lipinski definition) is 4. The molecule has 1 unspecified atom stereocenters. The Balaban J connectivity index is 0.00000392. The van der Waals surface area contributed by atoms with E-state index < -0.39 is 0 Å². The van der Waals surface area contributed by atoms with Gasteiger partial charge in [-0.15, -0.1) is 24.0 Å². The van der Waals surface area contributed by atoms with Crippen molar-refractivity contribution in [2.24, 2.45) is 12.0 Å². The SMILES string of the molecule is CCNC(=NCC(c1cnn(C)c1)N(C)C)NCCOC1CCCCCC1.I. The molecule has 1 aliphatic carbocycles. The predicted octanol–water partition coefficient (Wildman–Crippen LogP) is 2.94. The van der Waals surface area contributed by atoms with Crippen molar-refractivity contribution in [3.05, 3.63) is 18.0 Å². The number of likely N-dealkylation sites (N-methyl/N-ethyl adjacent to an activating group) is 1. The molecular weight excluding hydrogens is 467 g/mol. The number of guanidine groups is 1. The van der Waals surface area contributed by atoms with Gasteiger partial charge in [0.25, 0.3) is 0 Å². The third-order valence-electron chi connectivity index (χ3n) is 5.05. The summed E-state index contributed by atoms with van der Waals surface area (Å²) < 4.78 is 7.90. The fourth-order valence-electron chi connectivity index (χ4n) is 3.50. The van der Waals surface area contributed by atoms with Crippen LogP contribution in [0.1, 0.15) is 57.1 Å². The topological polar surface area (TPSA) is 66.7 Å². The van der Waals surface area contributed by atoms with E-state index in [0.29, 0.717) is 12.6 Å². The van der Waals surface area contributed by atoms with Gasteiger partial charge < -0.3 is 20.3 Å². The molecular formula is C20H39IN6O. The number of hydrogen-bond donors (Lipinski definition) is 2. The highest BCUT2D eigenvalue weighted by Crippen LogP contribution is 2.19. The third-order valence-corrected chi connectivity index (χ3v) is 5.05. The first-order chi connectivity index (χ1) is 13.1. The van der Waals surface area contributed by atoms with Crippen molar-refractivity contribution in [2.75, 3.05) is 40.3 Å². The van der Waals surface area contributed by atoms with Crippen LogP contribution in [0.4, 0.5) is 0 Å². The van der Waals surface area contributed by atoms with Crippen LogP contribution in [0.2, 0.25) is 0 Å². The molecule has 0 amide bonds. The van der Waals surface area contributed by atoms with Gasteiger partial charge in [0.1, 0.15) is 0 Å². The number of ether oxygens (including phenoxy) is 1. The van der Waals surface area contributed by atoms with Crippen molar-refractivity contribution >= 4 is 29.9 Å². The summed E-state index contributed by atoms with van der Waals surface area (Å²) in [7, 11) is 6.10. The fraction of sp³-hybridized carbons (Fsp3) is 0.800. The van der Waals surface area contributed by atoms with Crippen LogP contribution in [0.5, 0.6) is 0 Å². The van der Waals surface area contributed by atoms with Crippen molar-refractivity contribution in [2.45, 2.75) is 57.6 Å². The van der Waals surface area contributed by atoms with Crippen LogP contribution < -0.4 is 10.6 Å². The van der Waals surface area contributed by atoms with E-state index in [1.54, 1.807) is 0 Å². The molecule has 1 aromatic rings. The van der Waals surface area contributed by atoms with Crippen molar-refractivity contribution in [3.8, 4) is 0 Å². The molecule has 1 saturated carbocycles. The van der Waals surface area contributed by atoms with Crippen LogP contribution in [0, 0.1) is 0 Å². The van der Waals surface area contributed by atoms with Gasteiger partial charge in [0.2, 0.25) is 0 Å². The zero-order valence-corrected chi connectivity index (χ0v) is 20.3. The summed E-state index contributed by atoms with van der Waals surface area (Å²) in [5, 5.41) is 11.0. The van der Waals surface area contributed by atoms with Gasteiger partial charge in [-0.1, -0.05) is 25.7 Å². The lowest BCUT2D eigenvalue weighted by Gasteiger charge is -2.22. The van der Waals surface area contributed by atoms with E-state index in [4.69, 9.17) is 9.73 Å². The highest BCUT2D eigenvalue weighted by Gasteiger charge is 2.16. The average molecular weight is 506 g/mol. The molecule has 0 radical (unpaired) electrons. The Kier molecular flexibility index (Phi) is 12.7. The van der Waals surface area contributed by atoms with E-state index in [-0.39, 0.29) is 30.0 Å². The van der Waals surface area contributed by atoms with Gasteiger partial charge in [-0.25, -0.2) is 0 Å². The van der Waals surface area contributed by atoms with Crippen molar-refractivity contribution in [1.29, 1.82) is 0 Å². The molecule has 8 heteroatoms. The minimum Gasteiger partial charge on any atom is -0.376 e. The van der Waals surface area contributed by atoms with E-state index in [9.17, 15) is 0 Å². The zero-order chi connectivity index (χ0) is 19.5. The van der Waals surface area contributed by atoms with E-state index in [1.807, 2.05) is 17.9 Å². The Labute approximate surface area is 187 Å². The summed E-state index contributed by atoms with van der Waals surface area (Å²) in [5.41, 5.74) is 1.18. The Morgan fingerprint density at radius 2 is 2.00 bits per heavy atom. The number of nitrogens with zero attached hydrogens (tertiary/aromatic N) is 4. The smallest absolute Gasteiger partial charge is 0.191 e. The van der Waals surface area contributed by atoms with Crippen LogP contribution in [-0.2, 0) is 11.8 Å². The molecule has 162 valence electrons. The lowest BCUT2D eigenvalue weighted by molar-refractivity contribution is 0.0468. The average Bonchev–Trinajstić information content (AvgIpc) is 2.90. The van der Waals surface area contributed by atoms with Crippen LogP contribution in [-0.4, -0.2) is 67.1 Å². The molecule has 0 bridgehead atoms. The molecule has 0 aromatic carbocycles. The number of halogens is 1. The monoisotopic (exact) mass is 506 g/mol. The Hall–Kier alpha value is -0.870. The highest BCUT2D eigenvalue weighted by molar-refractivity contribution is 14.0. The Bertz CT molecular complexity index is 555. The lowest BCUT2D eigenvalue weighted by atomic mass is 10.1. The van der Waals surface area contributed by atoms with Gasteiger partial charge in [0.05, 0.1) is 31.5 Å². The molecule has 1 aromatic heterocycles. The second-order valence-corrected chi connectivity index (χ2v) is 7.56. The summed E-state index contributed by atoms with van der Waals surface area (Å²) in [5.74, 6) is 0.845. The second kappa shape index (κ2) is 14.2. The van der Waals surface area contributed by atoms with E-state index >= 15 is 0 Å². The summed E-state index contributed by atoms with van der Waals surface area (Å²) in [4.78, 5) is 6.96. The molecule has 2 rings (SSSR count). The molecule has 0 saturated heterocycles. The zero-order valence-electron chi connectivity index (χ0n) is 18.0. The first-order valence-corrected chi connectivity index (χ1v) is 10.4. The van der Waals surface area contributed by atoms with Gasteiger partial charge in [-0.2, -0.15) is 5.10 Å². The molecule has 0 spiro atoms. The molecule has 1 heterocycles. The Morgan fingerprint density at radius 1 is 1.29 bits per heavy atom. The summed E-state index contributed by atoms with van der Waals surface area (Å²) in [6.07, 6.45) is 12.2. The standard InChI is InChI=1S/C20H38N6O.HI/c1-5-21-20(22-12-13-27-18-10-8-6-7-9-11-18)23-15-19(25(2)3)17-14-24-26(4)16-17;/h14,16,18-19H,5-13,15H2,1-4H3,(H2,21,22,23);1H. The minimum atomic E-state index is 0. The van der Waals surface area contributed by atoms with E-state index in [1.165, 1.54) is 44.1 Å². The van der Waals surface area contributed by atoms with Crippen LogP contribution in [0.3, 0.4) is 0 Å². The van der Waals surface area contributed by atoms with Crippen LogP contribution in [0.15, 0.2) is 17.4 Å². The molecule has 1 fully saturated rings. The summed E-state index contributed by atoms with van der Waals surface area (Å²) in [6.45, 7) is 5.12. The lowest BCUT2D eigenvalue weighted by Crippen LogP contribution is -2.40. The first-order valence-electron chi connectivity index (χ1n) is 10.4. The van der Waals surface area contributed by atoms with E-state index in [0.717, 1.165) is 25.7 Å². The van der Waals surface area contributed by atoms with Crippen molar-refractivity contribution in [1.82, 2.24) is 25.3 Å². The van der Waals surface area contributed by atoms with Crippen LogP contribution in [0.25, 0.3) is 0 Å². The first kappa shape index (κ1) is 25.2. The highest BCUT2D eigenvalue weighted by atomic mass is 127. The van der Waals surface area contributed by atoms with Gasteiger partial charge in [-0.3, -0.25) is 9.67 Å². The van der Waals surface area contributed by atoms with E-state index in [2.05, 4.69) is 47.8 Å². The predicted molar refractivity (Wildman–Crippen MR) is 126 cm³/mol. The van der Waals surface area contributed by atoms with Gasteiger partial charge in [0, 0.05) is 31.9 Å². The van der Waals surface area contributed by atoms with Crippen LogP contribution >= 0.6 is 24.0 Å². The van der Waals surface area contributed by atoms with Gasteiger partial charge >= 0.3 is 0 Å². The largest absolute Gasteiger partial charge is 0.376 e. The number of aliphatic imine (C=N–C) groups is 1. The number of aromatic nitrogens is 2. The van der Waals surface area contributed by atoms with Crippen molar-refractivity contribution < 1.29 is 4.74 Å². The van der Waals surface area contributed by atoms with Gasteiger partial charge in [-0.05, 0) is 33.9 Å². The van der Waals surface area contributed by atoms with Crippen molar-refractivity contribution in [3.63, 3.8) is 0 Å². The molecule has 28 heavy (non-hydrogen) atoms. The minimum absolute atomic E-state index is 0. The maximum Gasteiger partial charge on any atom is 0.191 e. The third kappa shape index (κ3) is 9.09. The normalized spacial score (nSPS) is 17.1. The molecule has 0 aliphatic heterocycles. The summed E-state index contributed by atoms with van der Waals surface area (Å²) in [6, 6.07) is 0.205. The second-order valence-electron chi connectivity index (χ2n) is 7.56. The molecule has 2 N–H and O–H groups in total. The number of aryl methyl sites for hydroxylation is 1. The van der Waals surface area contributed by atoms with Gasteiger partial charge in [0.15, 0.2) is 5.96 Å². The maximum absolute atomic E-state index is 6.06. The molecule has 1 atom stereocenters.